The van der Waals surface area contributed by atoms with E-state index >= 15 is 0 Å². The number of imide groups is 2. The standard InChI is InChI=1S/C20H24ClN3O5/c1-6-29-20(28)23(5)18(26)12(4)22-16-9-13(7-8-15(16)21)24-17(25)10-14(11(2)3)19(24)27/h7-9,12,22H,6,10H2,1-5H3. The van der Waals surface area contributed by atoms with Gasteiger partial charge in [0.1, 0.15) is 6.04 Å². The number of hydrogen-bond acceptors (Lipinski definition) is 6. The number of allylic oxidation sites excluding steroid dienone is 1. The van der Waals surface area contributed by atoms with Crippen LogP contribution in [0.25, 0.3) is 0 Å². The van der Waals surface area contributed by atoms with Gasteiger partial charge in [-0.1, -0.05) is 17.2 Å². The average Bonchev–Trinajstić information content (AvgIpc) is 2.97. The van der Waals surface area contributed by atoms with E-state index in [1.165, 1.54) is 19.2 Å². The lowest BCUT2D eigenvalue weighted by Crippen LogP contribution is -2.42. The minimum absolute atomic E-state index is 0.0474. The maximum Gasteiger partial charge on any atom is 0.416 e. The third-order valence-electron chi connectivity index (χ3n) is 4.47. The summed E-state index contributed by atoms with van der Waals surface area (Å²) in [6, 6.07) is 3.82. The van der Waals surface area contributed by atoms with Crippen molar-refractivity contribution in [3.8, 4) is 0 Å². The Morgan fingerprint density at radius 3 is 2.52 bits per heavy atom. The Labute approximate surface area is 174 Å². The maximum absolute atomic E-state index is 12.6. The van der Waals surface area contributed by atoms with E-state index in [1.54, 1.807) is 33.8 Å². The van der Waals surface area contributed by atoms with Gasteiger partial charge in [-0.2, -0.15) is 0 Å². The molecule has 1 atom stereocenters. The van der Waals surface area contributed by atoms with Crippen molar-refractivity contribution in [1.29, 1.82) is 0 Å². The number of amides is 4. The first-order valence-electron chi connectivity index (χ1n) is 9.12. The van der Waals surface area contributed by atoms with Crippen LogP contribution in [-0.2, 0) is 19.1 Å². The molecule has 1 fully saturated rings. The number of hydrogen-bond donors (Lipinski definition) is 1. The molecule has 29 heavy (non-hydrogen) atoms. The predicted molar refractivity (Wildman–Crippen MR) is 110 cm³/mol. The number of carbonyl (C=O) groups excluding carboxylic acids is 4. The topological polar surface area (TPSA) is 96.0 Å². The van der Waals surface area contributed by atoms with Crippen molar-refractivity contribution >= 4 is 46.8 Å². The second-order valence-electron chi connectivity index (χ2n) is 6.82. The van der Waals surface area contributed by atoms with Gasteiger partial charge in [-0.15, -0.1) is 0 Å². The zero-order chi connectivity index (χ0) is 21.9. The fraction of sp³-hybridized carbons (Fsp3) is 0.400. The van der Waals surface area contributed by atoms with Gasteiger partial charge < -0.3 is 10.1 Å². The first-order valence-corrected chi connectivity index (χ1v) is 9.50. The van der Waals surface area contributed by atoms with E-state index in [-0.39, 0.29) is 24.8 Å². The number of nitrogens with zero attached hydrogens (tertiary/aromatic N) is 2. The number of rotatable bonds is 5. The van der Waals surface area contributed by atoms with Crippen molar-refractivity contribution in [3.63, 3.8) is 0 Å². The van der Waals surface area contributed by atoms with Crippen LogP contribution in [0.5, 0.6) is 0 Å². The van der Waals surface area contributed by atoms with E-state index < -0.39 is 18.0 Å². The van der Waals surface area contributed by atoms with Crippen LogP contribution in [-0.4, -0.2) is 48.4 Å². The van der Waals surface area contributed by atoms with Crippen LogP contribution in [0.1, 0.15) is 34.1 Å². The quantitative estimate of drug-likeness (QED) is 0.578. The third kappa shape index (κ3) is 4.76. The van der Waals surface area contributed by atoms with Crippen molar-refractivity contribution in [3.05, 3.63) is 34.4 Å². The molecule has 9 heteroatoms. The molecule has 1 aromatic rings. The summed E-state index contributed by atoms with van der Waals surface area (Å²) < 4.78 is 4.81. The molecule has 1 aromatic carbocycles. The van der Waals surface area contributed by atoms with E-state index in [0.717, 1.165) is 15.4 Å². The van der Waals surface area contributed by atoms with E-state index in [4.69, 9.17) is 16.3 Å². The number of carbonyl (C=O) groups is 4. The molecule has 2 rings (SSSR count). The predicted octanol–water partition coefficient (Wildman–Crippen LogP) is 3.36. The second-order valence-corrected chi connectivity index (χ2v) is 7.22. The fourth-order valence-electron chi connectivity index (χ4n) is 2.86. The molecule has 156 valence electrons. The van der Waals surface area contributed by atoms with E-state index in [2.05, 4.69) is 5.32 Å². The summed E-state index contributed by atoms with van der Waals surface area (Å²) in [7, 11) is 1.32. The third-order valence-corrected chi connectivity index (χ3v) is 4.79. The van der Waals surface area contributed by atoms with E-state index in [0.29, 0.717) is 22.0 Å². The van der Waals surface area contributed by atoms with Crippen LogP contribution in [0.15, 0.2) is 29.3 Å². The Hall–Kier alpha value is -2.87. The summed E-state index contributed by atoms with van der Waals surface area (Å²) in [5.41, 5.74) is 1.97. The van der Waals surface area contributed by atoms with Crippen LogP contribution in [0.2, 0.25) is 5.02 Å². The summed E-state index contributed by atoms with van der Waals surface area (Å²) in [4.78, 5) is 51.1. The van der Waals surface area contributed by atoms with Gasteiger partial charge in [0.15, 0.2) is 0 Å². The van der Waals surface area contributed by atoms with Crippen molar-refractivity contribution in [2.75, 3.05) is 23.9 Å². The number of benzene rings is 1. The summed E-state index contributed by atoms with van der Waals surface area (Å²) in [6.07, 6.45) is -0.709. The highest BCUT2D eigenvalue weighted by Crippen LogP contribution is 2.33. The number of ether oxygens (including phenoxy) is 1. The van der Waals surface area contributed by atoms with Gasteiger partial charge in [0, 0.05) is 12.6 Å². The Morgan fingerprint density at radius 2 is 1.97 bits per heavy atom. The van der Waals surface area contributed by atoms with Gasteiger partial charge in [-0.3, -0.25) is 14.4 Å². The largest absolute Gasteiger partial charge is 0.449 e. The molecule has 1 saturated heterocycles. The molecule has 0 aliphatic carbocycles. The number of anilines is 2. The van der Waals surface area contributed by atoms with Gasteiger partial charge in [0.05, 0.1) is 29.4 Å². The van der Waals surface area contributed by atoms with Gasteiger partial charge in [-0.25, -0.2) is 14.6 Å². The molecule has 1 unspecified atom stereocenters. The molecule has 0 bridgehead atoms. The Kier molecular flexibility index (Phi) is 7.02. The Bertz CT molecular complexity index is 892. The van der Waals surface area contributed by atoms with Crippen molar-refractivity contribution in [1.82, 2.24) is 4.90 Å². The minimum Gasteiger partial charge on any atom is -0.449 e. The number of nitrogens with one attached hydrogen (secondary N) is 1. The van der Waals surface area contributed by atoms with Gasteiger partial charge in [-0.05, 0) is 45.9 Å². The molecule has 0 aromatic heterocycles. The second kappa shape index (κ2) is 9.09. The number of halogens is 1. The zero-order valence-electron chi connectivity index (χ0n) is 17.0. The van der Waals surface area contributed by atoms with Crippen LogP contribution >= 0.6 is 11.6 Å². The molecule has 4 amide bonds. The molecule has 0 saturated carbocycles. The lowest BCUT2D eigenvalue weighted by atomic mass is 10.1. The van der Waals surface area contributed by atoms with Crippen LogP contribution in [0, 0.1) is 0 Å². The van der Waals surface area contributed by atoms with E-state index in [9.17, 15) is 19.2 Å². The first kappa shape index (κ1) is 22.4. The zero-order valence-corrected chi connectivity index (χ0v) is 17.8. The lowest BCUT2D eigenvalue weighted by Gasteiger charge is -2.22. The lowest BCUT2D eigenvalue weighted by molar-refractivity contribution is -0.128. The molecule has 8 nitrogen and oxygen atoms in total. The SMILES string of the molecule is CCOC(=O)N(C)C(=O)C(C)Nc1cc(N2C(=O)CC(=C(C)C)C2=O)ccc1Cl. The van der Waals surface area contributed by atoms with Crippen molar-refractivity contribution in [2.24, 2.45) is 0 Å². The Morgan fingerprint density at radius 1 is 1.31 bits per heavy atom. The molecular formula is C20H24ClN3O5. The average molecular weight is 422 g/mol. The van der Waals surface area contributed by atoms with Crippen LogP contribution < -0.4 is 10.2 Å². The molecule has 1 N–H and O–H groups in total. The monoisotopic (exact) mass is 421 g/mol. The van der Waals surface area contributed by atoms with Gasteiger partial charge >= 0.3 is 6.09 Å². The first-order chi connectivity index (χ1) is 13.6. The summed E-state index contributed by atoms with van der Waals surface area (Å²) in [6.45, 7) is 6.93. The summed E-state index contributed by atoms with van der Waals surface area (Å²) >= 11 is 6.22. The molecular weight excluding hydrogens is 398 g/mol. The van der Waals surface area contributed by atoms with Gasteiger partial charge in [0.2, 0.25) is 5.91 Å². The molecule has 1 heterocycles. The molecule has 1 aliphatic rings. The normalized spacial score (nSPS) is 14.7. The van der Waals surface area contributed by atoms with E-state index in [1.807, 2.05) is 0 Å². The smallest absolute Gasteiger partial charge is 0.416 e. The van der Waals surface area contributed by atoms with Gasteiger partial charge in [0.25, 0.3) is 11.8 Å². The highest BCUT2D eigenvalue weighted by Gasteiger charge is 2.36. The molecule has 0 radical (unpaired) electrons. The highest BCUT2D eigenvalue weighted by atomic mass is 35.5. The summed E-state index contributed by atoms with van der Waals surface area (Å²) in [5, 5.41) is 3.22. The number of likely N-dealkylation sites (N-methyl/N-ethyl adjacent to an activating group) is 1. The van der Waals surface area contributed by atoms with Crippen LogP contribution in [0.3, 0.4) is 0 Å². The minimum atomic E-state index is -0.810. The maximum atomic E-state index is 12.6. The highest BCUT2D eigenvalue weighted by molar-refractivity contribution is 6.34. The summed E-state index contributed by atoms with van der Waals surface area (Å²) in [5.74, 6) is -1.22. The molecule has 0 spiro atoms. The fourth-order valence-corrected chi connectivity index (χ4v) is 3.04. The van der Waals surface area contributed by atoms with Crippen molar-refractivity contribution in [2.45, 2.75) is 40.2 Å². The van der Waals surface area contributed by atoms with Crippen molar-refractivity contribution < 1.29 is 23.9 Å². The van der Waals surface area contributed by atoms with Crippen LogP contribution in [0.4, 0.5) is 16.2 Å². The molecule has 1 aliphatic heterocycles. The Balaban J connectivity index is 2.25.